The van der Waals surface area contributed by atoms with Crippen molar-refractivity contribution in [2.75, 3.05) is 0 Å². The average molecular weight is 231 g/mol. The smallest absolute Gasteiger partial charge is 0.0991 e. The van der Waals surface area contributed by atoms with E-state index in [-0.39, 0.29) is 0 Å². The molecule has 0 N–H and O–H groups in total. The minimum atomic E-state index is 0.477. The molecule has 0 aliphatic carbocycles. The number of hydrogen-bond acceptors (Lipinski definition) is 1. The minimum absolute atomic E-state index is 0.477. The summed E-state index contributed by atoms with van der Waals surface area (Å²) in [6.07, 6.45) is 1.99. The summed E-state index contributed by atoms with van der Waals surface area (Å²) in [7, 11) is 0. The number of nitrogens with zero attached hydrogens (tertiary/aromatic N) is 1. The Labute approximate surface area is 107 Å². The van der Waals surface area contributed by atoms with Crippen LogP contribution in [0.2, 0.25) is 0 Å². The maximum absolute atomic E-state index is 9.05. The third kappa shape index (κ3) is 2.75. The average Bonchev–Trinajstić information content (AvgIpc) is 2.46. The van der Waals surface area contributed by atoms with Gasteiger partial charge in [0.2, 0.25) is 0 Å². The number of hydrogen-bond donors (Lipinski definition) is 0. The van der Waals surface area contributed by atoms with Crippen molar-refractivity contribution in [1.82, 2.24) is 0 Å². The van der Waals surface area contributed by atoms with E-state index in [0.29, 0.717) is 5.57 Å². The van der Waals surface area contributed by atoms with Crippen molar-refractivity contribution in [3.63, 3.8) is 0 Å². The second kappa shape index (κ2) is 5.65. The summed E-state index contributed by atoms with van der Waals surface area (Å²) in [5, 5.41) is 9.05. The van der Waals surface area contributed by atoms with E-state index in [1.807, 2.05) is 66.7 Å². The van der Waals surface area contributed by atoms with Crippen LogP contribution in [0.25, 0.3) is 11.6 Å². The van der Waals surface area contributed by atoms with Crippen LogP contribution in [0.1, 0.15) is 11.1 Å². The molecule has 0 aliphatic heterocycles. The second-order valence-corrected chi connectivity index (χ2v) is 3.93. The van der Waals surface area contributed by atoms with Crippen LogP contribution in [0, 0.1) is 11.3 Å². The Balaban J connectivity index is 2.49. The standard InChI is InChI=1S/C17H13N/c1-14(13-18)17(16-10-6-3-7-11-16)12-15-8-4-2-5-9-15/h2-12H,1H2. The first kappa shape index (κ1) is 11.9. The maximum atomic E-state index is 9.05. The van der Waals surface area contributed by atoms with E-state index < -0.39 is 0 Å². The Morgan fingerprint density at radius 2 is 1.50 bits per heavy atom. The van der Waals surface area contributed by atoms with Crippen molar-refractivity contribution < 1.29 is 0 Å². The Hall–Kier alpha value is -2.59. The Kier molecular flexibility index (Phi) is 3.73. The molecule has 2 rings (SSSR count). The summed E-state index contributed by atoms with van der Waals surface area (Å²) >= 11 is 0. The summed E-state index contributed by atoms with van der Waals surface area (Å²) in [5.74, 6) is 0. The van der Waals surface area contributed by atoms with E-state index in [2.05, 4.69) is 12.6 Å². The summed E-state index contributed by atoms with van der Waals surface area (Å²) in [6.45, 7) is 3.82. The third-order valence-electron chi connectivity index (χ3n) is 2.66. The van der Waals surface area contributed by atoms with Gasteiger partial charge in [0.15, 0.2) is 0 Å². The Morgan fingerprint density at radius 1 is 0.944 bits per heavy atom. The van der Waals surface area contributed by atoms with Crippen LogP contribution in [-0.4, -0.2) is 0 Å². The zero-order valence-corrected chi connectivity index (χ0v) is 10.0. The van der Waals surface area contributed by atoms with Crippen molar-refractivity contribution in [3.8, 4) is 6.07 Å². The predicted octanol–water partition coefficient (Wildman–Crippen LogP) is 4.31. The Morgan fingerprint density at radius 3 is 2.06 bits per heavy atom. The molecule has 1 heteroatoms. The number of benzene rings is 2. The van der Waals surface area contributed by atoms with Gasteiger partial charge < -0.3 is 0 Å². The van der Waals surface area contributed by atoms with Crippen LogP contribution in [0.3, 0.4) is 0 Å². The molecule has 0 radical (unpaired) electrons. The second-order valence-electron chi connectivity index (χ2n) is 3.93. The van der Waals surface area contributed by atoms with Gasteiger partial charge in [-0.05, 0) is 22.8 Å². The quantitative estimate of drug-likeness (QED) is 0.438. The van der Waals surface area contributed by atoms with Crippen LogP contribution in [0.5, 0.6) is 0 Å². The molecule has 0 bridgehead atoms. The lowest BCUT2D eigenvalue weighted by Crippen LogP contribution is -1.86. The fourth-order valence-electron chi connectivity index (χ4n) is 1.74. The first-order valence-electron chi connectivity index (χ1n) is 5.73. The number of rotatable bonds is 3. The van der Waals surface area contributed by atoms with Gasteiger partial charge in [0.25, 0.3) is 0 Å². The number of allylic oxidation sites excluding steroid dienone is 2. The van der Waals surface area contributed by atoms with E-state index in [1.165, 1.54) is 0 Å². The van der Waals surface area contributed by atoms with Gasteiger partial charge in [0, 0.05) is 0 Å². The normalized spacial score (nSPS) is 10.7. The highest BCUT2D eigenvalue weighted by atomic mass is 14.2. The fraction of sp³-hybridized carbons (Fsp3) is 0. The molecule has 0 unspecified atom stereocenters. The molecule has 1 nitrogen and oxygen atoms in total. The summed E-state index contributed by atoms with van der Waals surface area (Å²) in [6, 6.07) is 21.9. The van der Waals surface area contributed by atoms with Crippen molar-refractivity contribution in [2.45, 2.75) is 0 Å². The highest BCUT2D eigenvalue weighted by Gasteiger charge is 2.05. The van der Waals surface area contributed by atoms with Gasteiger partial charge in [-0.25, -0.2) is 0 Å². The van der Waals surface area contributed by atoms with E-state index in [0.717, 1.165) is 16.7 Å². The van der Waals surface area contributed by atoms with Gasteiger partial charge in [-0.2, -0.15) is 5.26 Å². The van der Waals surface area contributed by atoms with Crippen LogP contribution in [0.4, 0.5) is 0 Å². The van der Waals surface area contributed by atoms with Crippen molar-refractivity contribution in [1.29, 1.82) is 5.26 Å². The molecule has 2 aromatic rings. The van der Waals surface area contributed by atoms with E-state index in [4.69, 9.17) is 5.26 Å². The highest BCUT2D eigenvalue weighted by Crippen LogP contribution is 2.24. The largest absolute Gasteiger partial charge is 0.192 e. The van der Waals surface area contributed by atoms with Gasteiger partial charge in [0.1, 0.15) is 0 Å². The topological polar surface area (TPSA) is 23.8 Å². The van der Waals surface area contributed by atoms with E-state index in [1.54, 1.807) is 0 Å². The van der Waals surface area contributed by atoms with E-state index >= 15 is 0 Å². The molecule has 0 saturated carbocycles. The van der Waals surface area contributed by atoms with Crippen molar-refractivity contribution in [2.24, 2.45) is 0 Å². The first-order valence-corrected chi connectivity index (χ1v) is 5.73. The van der Waals surface area contributed by atoms with Gasteiger partial charge in [0.05, 0.1) is 11.6 Å². The first-order chi connectivity index (χ1) is 8.81. The lowest BCUT2D eigenvalue weighted by molar-refractivity contribution is 1.50. The minimum Gasteiger partial charge on any atom is -0.192 e. The monoisotopic (exact) mass is 231 g/mol. The lowest BCUT2D eigenvalue weighted by atomic mass is 9.97. The van der Waals surface area contributed by atoms with Gasteiger partial charge in [-0.1, -0.05) is 67.2 Å². The molecule has 0 atom stereocenters. The molecule has 0 heterocycles. The molecule has 0 fully saturated rings. The molecule has 18 heavy (non-hydrogen) atoms. The van der Waals surface area contributed by atoms with Gasteiger partial charge in [-0.3, -0.25) is 0 Å². The molecule has 86 valence electrons. The SMILES string of the molecule is C=C(C#N)C(=Cc1ccccc1)c1ccccc1. The van der Waals surface area contributed by atoms with Gasteiger partial charge in [-0.15, -0.1) is 0 Å². The molecular formula is C17H13N. The number of nitriles is 1. The molecule has 2 aromatic carbocycles. The van der Waals surface area contributed by atoms with Crippen LogP contribution in [-0.2, 0) is 0 Å². The molecule has 0 aliphatic rings. The summed E-state index contributed by atoms with van der Waals surface area (Å²) < 4.78 is 0. The Bertz CT molecular complexity index is 601. The lowest BCUT2D eigenvalue weighted by Gasteiger charge is -2.05. The van der Waals surface area contributed by atoms with Crippen LogP contribution in [0.15, 0.2) is 72.8 Å². The molecular weight excluding hydrogens is 218 g/mol. The molecule has 0 amide bonds. The zero-order valence-electron chi connectivity index (χ0n) is 10.0. The summed E-state index contributed by atoms with van der Waals surface area (Å²) in [5.41, 5.74) is 3.41. The van der Waals surface area contributed by atoms with Crippen molar-refractivity contribution in [3.05, 3.63) is 83.9 Å². The molecule has 0 aromatic heterocycles. The highest BCUT2D eigenvalue weighted by molar-refractivity contribution is 5.92. The predicted molar refractivity (Wildman–Crippen MR) is 75.5 cm³/mol. The summed E-state index contributed by atoms with van der Waals surface area (Å²) in [4.78, 5) is 0. The van der Waals surface area contributed by atoms with E-state index in [9.17, 15) is 0 Å². The fourth-order valence-corrected chi connectivity index (χ4v) is 1.74. The molecule has 0 spiro atoms. The van der Waals surface area contributed by atoms with Crippen LogP contribution >= 0.6 is 0 Å². The molecule has 0 saturated heterocycles. The third-order valence-corrected chi connectivity index (χ3v) is 2.66. The van der Waals surface area contributed by atoms with Gasteiger partial charge >= 0.3 is 0 Å². The van der Waals surface area contributed by atoms with Crippen molar-refractivity contribution >= 4 is 11.6 Å². The maximum Gasteiger partial charge on any atom is 0.0991 e. The van der Waals surface area contributed by atoms with Crippen LogP contribution < -0.4 is 0 Å². The zero-order chi connectivity index (χ0) is 12.8.